The molecule has 0 aliphatic rings. The Morgan fingerprint density at radius 1 is 1.17 bits per heavy atom. The van der Waals surface area contributed by atoms with E-state index in [4.69, 9.17) is 0 Å². The van der Waals surface area contributed by atoms with Crippen LogP contribution in [0, 0.1) is 12.7 Å². The summed E-state index contributed by atoms with van der Waals surface area (Å²) in [4.78, 5) is 24.4. The Kier molecular flexibility index (Phi) is 3.73. The number of benzene rings is 2. The average molecular weight is 313 g/mol. The van der Waals surface area contributed by atoms with E-state index in [0.717, 1.165) is 5.52 Å². The summed E-state index contributed by atoms with van der Waals surface area (Å²) >= 11 is 0. The number of carbonyl (C=O) groups is 1. The Balaban J connectivity index is 1.87. The van der Waals surface area contributed by atoms with Gasteiger partial charge in [-0.05, 0) is 36.8 Å². The Hall–Kier alpha value is -2.89. The lowest BCUT2D eigenvalue weighted by molar-refractivity contribution is -0.116. The molecule has 2 aromatic carbocycles. The second-order valence-corrected chi connectivity index (χ2v) is 5.43. The van der Waals surface area contributed by atoms with Gasteiger partial charge in [0.15, 0.2) is 0 Å². The highest BCUT2D eigenvalue weighted by Crippen LogP contribution is 2.14. The topological polar surface area (TPSA) is 56.0 Å². The van der Waals surface area contributed by atoms with Gasteiger partial charge in [-0.1, -0.05) is 18.2 Å². The number of carbonyl (C=O) groups excluding carboxylic acids is 1. The molecule has 118 valence electrons. The summed E-state index contributed by atoms with van der Waals surface area (Å²) in [7, 11) is 1.66. The van der Waals surface area contributed by atoms with Crippen molar-refractivity contribution in [2.45, 2.75) is 13.5 Å². The molecule has 0 spiro atoms. The van der Waals surface area contributed by atoms with Crippen molar-refractivity contribution in [3.8, 4) is 0 Å². The number of halogens is 1. The Bertz CT molecular complexity index is 956. The third-order valence-electron chi connectivity index (χ3n) is 3.81. The largest absolute Gasteiger partial charge is 0.329 e. The molecule has 1 heterocycles. The van der Waals surface area contributed by atoms with Gasteiger partial charge in [-0.25, -0.2) is 9.18 Å². The van der Waals surface area contributed by atoms with Gasteiger partial charge in [-0.3, -0.25) is 13.9 Å². The maximum absolute atomic E-state index is 13.5. The van der Waals surface area contributed by atoms with Gasteiger partial charge in [0.2, 0.25) is 5.91 Å². The fraction of sp³-hybridized carbons (Fsp3) is 0.176. The SMILES string of the molecule is Cc1ccc(NC(=O)Cn2c(=O)n(C)c3ccccc32)cc1F. The molecular weight excluding hydrogens is 297 g/mol. The third-order valence-corrected chi connectivity index (χ3v) is 3.81. The zero-order valence-corrected chi connectivity index (χ0v) is 12.8. The summed E-state index contributed by atoms with van der Waals surface area (Å²) in [5.41, 5.74) is 2.05. The molecule has 0 saturated heterocycles. The molecule has 3 rings (SSSR count). The number of rotatable bonds is 3. The zero-order valence-electron chi connectivity index (χ0n) is 12.8. The van der Waals surface area contributed by atoms with Crippen LogP contribution in [0.2, 0.25) is 0 Å². The number of nitrogens with zero attached hydrogens (tertiary/aromatic N) is 2. The maximum Gasteiger partial charge on any atom is 0.329 e. The molecule has 23 heavy (non-hydrogen) atoms. The number of aryl methyl sites for hydroxylation is 2. The first kappa shape index (κ1) is 15.0. The van der Waals surface area contributed by atoms with E-state index in [9.17, 15) is 14.0 Å². The minimum Gasteiger partial charge on any atom is -0.324 e. The number of anilines is 1. The molecule has 0 radical (unpaired) electrons. The van der Waals surface area contributed by atoms with Crippen LogP contribution in [-0.2, 0) is 18.4 Å². The van der Waals surface area contributed by atoms with Gasteiger partial charge in [0.05, 0.1) is 11.0 Å². The van der Waals surface area contributed by atoms with Crippen molar-refractivity contribution >= 4 is 22.6 Å². The highest BCUT2D eigenvalue weighted by atomic mass is 19.1. The van der Waals surface area contributed by atoms with Crippen LogP contribution in [-0.4, -0.2) is 15.0 Å². The van der Waals surface area contributed by atoms with Gasteiger partial charge < -0.3 is 5.32 Å². The molecule has 3 aromatic rings. The molecule has 0 fully saturated rings. The third kappa shape index (κ3) is 2.75. The van der Waals surface area contributed by atoms with Crippen LogP contribution in [0.5, 0.6) is 0 Å². The number of nitrogens with one attached hydrogen (secondary N) is 1. The molecule has 0 unspecified atom stereocenters. The summed E-state index contributed by atoms with van der Waals surface area (Å²) in [6.45, 7) is 1.52. The molecule has 6 heteroatoms. The smallest absolute Gasteiger partial charge is 0.324 e. The van der Waals surface area contributed by atoms with E-state index in [2.05, 4.69) is 5.32 Å². The molecule has 1 N–H and O–H groups in total. The number of amides is 1. The molecular formula is C17H16FN3O2. The van der Waals surface area contributed by atoms with Crippen LogP contribution in [0.25, 0.3) is 11.0 Å². The van der Waals surface area contributed by atoms with Crippen LogP contribution in [0.4, 0.5) is 10.1 Å². The summed E-state index contributed by atoms with van der Waals surface area (Å²) in [6.07, 6.45) is 0. The summed E-state index contributed by atoms with van der Waals surface area (Å²) in [5, 5.41) is 2.61. The minimum atomic E-state index is -0.384. The Labute approximate surface area is 132 Å². The van der Waals surface area contributed by atoms with Crippen molar-refractivity contribution in [1.29, 1.82) is 0 Å². The van der Waals surface area contributed by atoms with E-state index in [0.29, 0.717) is 16.8 Å². The van der Waals surface area contributed by atoms with Crippen LogP contribution in [0.3, 0.4) is 0 Å². The Morgan fingerprint density at radius 2 is 1.87 bits per heavy atom. The summed E-state index contributed by atoms with van der Waals surface area (Å²) < 4.78 is 16.4. The van der Waals surface area contributed by atoms with Crippen molar-refractivity contribution in [2.24, 2.45) is 7.05 Å². The first-order valence-corrected chi connectivity index (χ1v) is 7.17. The first-order valence-electron chi connectivity index (χ1n) is 7.17. The Morgan fingerprint density at radius 3 is 2.57 bits per heavy atom. The molecule has 1 amide bonds. The standard InChI is InChI=1S/C17H16FN3O2/c1-11-7-8-12(9-13(11)18)19-16(22)10-21-15-6-4-3-5-14(15)20(2)17(21)23/h3-9H,10H2,1-2H3,(H,19,22). The van der Waals surface area contributed by atoms with Gasteiger partial charge in [-0.2, -0.15) is 0 Å². The second kappa shape index (κ2) is 5.72. The van der Waals surface area contributed by atoms with E-state index in [-0.39, 0.29) is 24.0 Å². The fourth-order valence-electron chi connectivity index (χ4n) is 2.53. The van der Waals surface area contributed by atoms with E-state index < -0.39 is 0 Å². The number of fused-ring (bicyclic) bond motifs is 1. The number of hydrogen-bond donors (Lipinski definition) is 1. The van der Waals surface area contributed by atoms with Crippen molar-refractivity contribution in [3.05, 3.63) is 64.3 Å². The van der Waals surface area contributed by atoms with Crippen LogP contribution in [0.15, 0.2) is 47.3 Å². The minimum absolute atomic E-state index is 0.129. The predicted molar refractivity (Wildman–Crippen MR) is 86.9 cm³/mol. The van der Waals surface area contributed by atoms with Crippen LogP contribution < -0.4 is 11.0 Å². The molecule has 0 bridgehead atoms. The number of hydrogen-bond acceptors (Lipinski definition) is 2. The van der Waals surface area contributed by atoms with E-state index >= 15 is 0 Å². The van der Waals surface area contributed by atoms with Crippen molar-refractivity contribution < 1.29 is 9.18 Å². The van der Waals surface area contributed by atoms with E-state index in [1.54, 1.807) is 32.2 Å². The predicted octanol–water partition coefficient (Wildman–Crippen LogP) is 2.43. The van der Waals surface area contributed by atoms with Crippen LogP contribution in [0.1, 0.15) is 5.56 Å². The normalized spacial score (nSPS) is 10.9. The average Bonchev–Trinajstić information content (AvgIpc) is 2.76. The highest BCUT2D eigenvalue weighted by Gasteiger charge is 2.13. The molecule has 5 nitrogen and oxygen atoms in total. The lowest BCUT2D eigenvalue weighted by atomic mass is 10.2. The lowest BCUT2D eigenvalue weighted by Crippen LogP contribution is -2.28. The van der Waals surface area contributed by atoms with Crippen molar-refractivity contribution in [1.82, 2.24) is 9.13 Å². The van der Waals surface area contributed by atoms with Crippen LogP contribution >= 0.6 is 0 Å². The monoisotopic (exact) mass is 313 g/mol. The molecule has 0 aliphatic carbocycles. The maximum atomic E-state index is 13.5. The van der Waals surface area contributed by atoms with Gasteiger partial charge >= 0.3 is 5.69 Å². The fourth-order valence-corrected chi connectivity index (χ4v) is 2.53. The number of para-hydroxylation sites is 2. The van der Waals surface area contributed by atoms with E-state index in [1.807, 2.05) is 18.2 Å². The quantitative estimate of drug-likeness (QED) is 0.807. The summed E-state index contributed by atoms with van der Waals surface area (Å²) in [5.74, 6) is -0.767. The summed E-state index contributed by atoms with van der Waals surface area (Å²) in [6, 6.07) is 11.7. The van der Waals surface area contributed by atoms with Crippen molar-refractivity contribution in [2.75, 3.05) is 5.32 Å². The molecule has 0 atom stereocenters. The highest BCUT2D eigenvalue weighted by molar-refractivity contribution is 5.91. The molecule has 1 aromatic heterocycles. The number of aromatic nitrogens is 2. The van der Waals surface area contributed by atoms with Gasteiger partial charge in [-0.15, -0.1) is 0 Å². The molecule has 0 aliphatic heterocycles. The molecule has 0 saturated carbocycles. The number of imidazole rings is 1. The van der Waals surface area contributed by atoms with Gasteiger partial charge in [0.1, 0.15) is 12.4 Å². The van der Waals surface area contributed by atoms with E-state index in [1.165, 1.54) is 15.2 Å². The second-order valence-electron chi connectivity index (χ2n) is 5.43. The van der Waals surface area contributed by atoms with Crippen molar-refractivity contribution in [3.63, 3.8) is 0 Å². The van der Waals surface area contributed by atoms with Gasteiger partial charge in [0.25, 0.3) is 0 Å². The van der Waals surface area contributed by atoms with Gasteiger partial charge in [0, 0.05) is 12.7 Å². The first-order chi connectivity index (χ1) is 11.0. The lowest BCUT2D eigenvalue weighted by Gasteiger charge is -2.07. The zero-order chi connectivity index (χ0) is 16.6.